The van der Waals surface area contributed by atoms with Crippen molar-refractivity contribution in [2.24, 2.45) is 0 Å². The molecule has 0 bridgehead atoms. The standard InChI is InChI=1S/C15H24N2O2/c1-17(2)8-11-19-15-5-3-4-14(12-15)16-13-6-9-18-10-7-13/h3-5,12-13,16H,6-11H2,1-2H3. The fraction of sp³-hybridized carbons (Fsp3) is 0.600. The lowest BCUT2D eigenvalue weighted by molar-refractivity contribution is 0.0904. The Morgan fingerprint density at radius 3 is 2.84 bits per heavy atom. The number of hydrogen-bond acceptors (Lipinski definition) is 4. The van der Waals surface area contributed by atoms with E-state index in [9.17, 15) is 0 Å². The fourth-order valence-corrected chi connectivity index (χ4v) is 2.10. The van der Waals surface area contributed by atoms with E-state index in [1.165, 1.54) is 0 Å². The lowest BCUT2D eigenvalue weighted by atomic mass is 10.1. The van der Waals surface area contributed by atoms with Gasteiger partial charge in [0.25, 0.3) is 0 Å². The maximum absolute atomic E-state index is 5.74. The van der Waals surface area contributed by atoms with Gasteiger partial charge in [0.2, 0.25) is 0 Å². The molecule has 0 aromatic heterocycles. The number of ether oxygens (including phenoxy) is 2. The number of nitrogens with one attached hydrogen (secondary N) is 1. The Morgan fingerprint density at radius 1 is 1.32 bits per heavy atom. The minimum Gasteiger partial charge on any atom is -0.492 e. The molecule has 1 N–H and O–H groups in total. The lowest BCUT2D eigenvalue weighted by Crippen LogP contribution is -2.27. The molecule has 1 aromatic carbocycles. The summed E-state index contributed by atoms with van der Waals surface area (Å²) < 4.78 is 11.1. The van der Waals surface area contributed by atoms with E-state index < -0.39 is 0 Å². The highest BCUT2D eigenvalue weighted by Crippen LogP contribution is 2.20. The van der Waals surface area contributed by atoms with Crippen LogP contribution in [-0.2, 0) is 4.74 Å². The first-order chi connectivity index (χ1) is 9.24. The molecule has 0 saturated carbocycles. The molecule has 1 aromatic rings. The third-order valence-electron chi connectivity index (χ3n) is 3.23. The zero-order chi connectivity index (χ0) is 13.5. The summed E-state index contributed by atoms with van der Waals surface area (Å²) in [6.07, 6.45) is 2.15. The highest BCUT2D eigenvalue weighted by molar-refractivity contribution is 5.48. The Bertz CT molecular complexity index is 376. The van der Waals surface area contributed by atoms with Gasteiger partial charge in [-0.15, -0.1) is 0 Å². The van der Waals surface area contributed by atoms with Crippen LogP contribution in [0.3, 0.4) is 0 Å². The van der Waals surface area contributed by atoms with Gasteiger partial charge in [0.05, 0.1) is 0 Å². The van der Waals surface area contributed by atoms with E-state index in [4.69, 9.17) is 9.47 Å². The van der Waals surface area contributed by atoms with Crippen LogP contribution in [0.1, 0.15) is 12.8 Å². The number of benzene rings is 1. The van der Waals surface area contributed by atoms with Crippen LogP contribution in [0.25, 0.3) is 0 Å². The van der Waals surface area contributed by atoms with Gasteiger partial charge in [-0.05, 0) is 39.1 Å². The van der Waals surface area contributed by atoms with E-state index in [1.807, 2.05) is 26.2 Å². The molecular formula is C15H24N2O2. The smallest absolute Gasteiger partial charge is 0.121 e. The van der Waals surface area contributed by atoms with Gasteiger partial charge in [-0.3, -0.25) is 0 Å². The van der Waals surface area contributed by atoms with E-state index >= 15 is 0 Å². The van der Waals surface area contributed by atoms with E-state index in [1.54, 1.807) is 0 Å². The predicted octanol–water partition coefficient (Wildman–Crippen LogP) is 2.22. The minimum atomic E-state index is 0.519. The number of likely N-dealkylation sites (N-methyl/N-ethyl adjacent to an activating group) is 1. The van der Waals surface area contributed by atoms with Crippen LogP contribution >= 0.6 is 0 Å². The zero-order valence-corrected chi connectivity index (χ0v) is 11.9. The third-order valence-corrected chi connectivity index (χ3v) is 3.23. The molecule has 1 aliphatic rings. The van der Waals surface area contributed by atoms with E-state index in [2.05, 4.69) is 22.3 Å². The van der Waals surface area contributed by atoms with E-state index in [0.717, 1.165) is 44.0 Å². The quantitative estimate of drug-likeness (QED) is 0.854. The lowest BCUT2D eigenvalue weighted by Gasteiger charge is -2.24. The van der Waals surface area contributed by atoms with Crippen LogP contribution in [0.5, 0.6) is 5.75 Å². The van der Waals surface area contributed by atoms with Crippen LogP contribution in [-0.4, -0.2) is 51.4 Å². The van der Waals surface area contributed by atoms with Crippen LogP contribution in [0.15, 0.2) is 24.3 Å². The molecule has 0 amide bonds. The fourth-order valence-electron chi connectivity index (χ4n) is 2.10. The molecule has 4 nitrogen and oxygen atoms in total. The maximum atomic E-state index is 5.74. The molecule has 1 saturated heterocycles. The largest absolute Gasteiger partial charge is 0.492 e. The Hall–Kier alpha value is -1.26. The highest BCUT2D eigenvalue weighted by atomic mass is 16.5. The summed E-state index contributed by atoms with van der Waals surface area (Å²) >= 11 is 0. The van der Waals surface area contributed by atoms with Crippen molar-refractivity contribution in [2.75, 3.05) is 45.8 Å². The second kappa shape index (κ2) is 7.36. The highest BCUT2D eigenvalue weighted by Gasteiger charge is 2.13. The van der Waals surface area contributed by atoms with E-state index in [0.29, 0.717) is 12.6 Å². The van der Waals surface area contributed by atoms with Crippen molar-refractivity contribution >= 4 is 5.69 Å². The summed E-state index contributed by atoms with van der Waals surface area (Å²) in [6, 6.07) is 8.72. The number of hydrogen-bond donors (Lipinski definition) is 1. The molecule has 0 spiro atoms. The predicted molar refractivity (Wildman–Crippen MR) is 78.0 cm³/mol. The molecule has 19 heavy (non-hydrogen) atoms. The van der Waals surface area contributed by atoms with Crippen molar-refractivity contribution in [3.63, 3.8) is 0 Å². The molecular weight excluding hydrogens is 240 g/mol. The molecule has 4 heteroatoms. The van der Waals surface area contributed by atoms with Gasteiger partial charge in [-0.1, -0.05) is 6.07 Å². The average molecular weight is 264 g/mol. The van der Waals surface area contributed by atoms with Gasteiger partial charge in [0.1, 0.15) is 12.4 Å². The van der Waals surface area contributed by atoms with Gasteiger partial charge in [0.15, 0.2) is 0 Å². The molecule has 0 unspecified atom stereocenters. The van der Waals surface area contributed by atoms with Crippen LogP contribution in [0, 0.1) is 0 Å². The maximum Gasteiger partial charge on any atom is 0.121 e. The molecule has 106 valence electrons. The van der Waals surface area contributed by atoms with Crippen LogP contribution < -0.4 is 10.1 Å². The second-order valence-corrected chi connectivity index (χ2v) is 5.21. The average Bonchev–Trinajstić information content (AvgIpc) is 2.40. The third kappa shape index (κ3) is 5.09. The normalized spacial score (nSPS) is 16.6. The number of nitrogens with zero attached hydrogens (tertiary/aromatic N) is 1. The molecule has 0 radical (unpaired) electrons. The topological polar surface area (TPSA) is 33.7 Å². The first kappa shape index (κ1) is 14.2. The van der Waals surface area contributed by atoms with Crippen LogP contribution in [0.2, 0.25) is 0 Å². The summed E-state index contributed by atoms with van der Waals surface area (Å²) in [7, 11) is 4.10. The summed E-state index contributed by atoms with van der Waals surface area (Å²) in [5, 5.41) is 3.55. The van der Waals surface area contributed by atoms with Gasteiger partial charge in [-0.2, -0.15) is 0 Å². The monoisotopic (exact) mass is 264 g/mol. The van der Waals surface area contributed by atoms with Crippen molar-refractivity contribution < 1.29 is 9.47 Å². The molecule has 1 fully saturated rings. The van der Waals surface area contributed by atoms with Gasteiger partial charge >= 0.3 is 0 Å². The summed E-state index contributed by atoms with van der Waals surface area (Å²) in [4.78, 5) is 2.12. The first-order valence-corrected chi connectivity index (χ1v) is 6.96. The van der Waals surface area contributed by atoms with Gasteiger partial charge in [-0.25, -0.2) is 0 Å². The van der Waals surface area contributed by atoms with Crippen molar-refractivity contribution in [1.29, 1.82) is 0 Å². The summed E-state index contributed by atoms with van der Waals surface area (Å²) in [5.41, 5.74) is 1.13. The first-order valence-electron chi connectivity index (χ1n) is 6.96. The zero-order valence-electron chi connectivity index (χ0n) is 11.9. The Balaban J connectivity index is 1.83. The Morgan fingerprint density at radius 2 is 2.11 bits per heavy atom. The Labute approximate surface area is 115 Å². The summed E-state index contributed by atoms with van der Waals surface area (Å²) in [6.45, 7) is 3.36. The summed E-state index contributed by atoms with van der Waals surface area (Å²) in [5.74, 6) is 0.930. The van der Waals surface area contributed by atoms with Crippen molar-refractivity contribution in [3.05, 3.63) is 24.3 Å². The molecule has 1 aliphatic heterocycles. The second-order valence-electron chi connectivity index (χ2n) is 5.21. The number of rotatable bonds is 6. The minimum absolute atomic E-state index is 0.519. The van der Waals surface area contributed by atoms with Gasteiger partial charge < -0.3 is 19.7 Å². The molecule has 0 atom stereocenters. The SMILES string of the molecule is CN(C)CCOc1cccc(NC2CCOCC2)c1. The molecule has 2 rings (SSSR count). The van der Waals surface area contributed by atoms with Gasteiger partial charge in [0, 0.05) is 37.6 Å². The molecule has 0 aliphatic carbocycles. The van der Waals surface area contributed by atoms with Crippen molar-refractivity contribution in [2.45, 2.75) is 18.9 Å². The van der Waals surface area contributed by atoms with Crippen molar-refractivity contribution in [1.82, 2.24) is 4.90 Å². The molecule has 1 heterocycles. The Kier molecular flexibility index (Phi) is 5.48. The van der Waals surface area contributed by atoms with Crippen molar-refractivity contribution in [3.8, 4) is 5.75 Å². The van der Waals surface area contributed by atoms with E-state index in [-0.39, 0.29) is 0 Å². The number of anilines is 1. The van der Waals surface area contributed by atoms with Crippen LogP contribution in [0.4, 0.5) is 5.69 Å².